The lowest BCUT2D eigenvalue weighted by molar-refractivity contribution is 0.0919. The first-order chi connectivity index (χ1) is 10.6. The van der Waals surface area contributed by atoms with Gasteiger partial charge in [-0.15, -0.1) is 0 Å². The lowest BCUT2D eigenvalue weighted by Gasteiger charge is -2.22. The quantitative estimate of drug-likeness (QED) is 0.945. The molecule has 22 heavy (non-hydrogen) atoms. The van der Waals surface area contributed by atoms with Crippen LogP contribution in [0.5, 0.6) is 0 Å². The summed E-state index contributed by atoms with van der Waals surface area (Å²) in [6.07, 6.45) is 4.61. The largest absolute Gasteiger partial charge is 0.462 e. The van der Waals surface area contributed by atoms with Gasteiger partial charge in [-0.1, -0.05) is 13.8 Å². The Balaban J connectivity index is 1.57. The van der Waals surface area contributed by atoms with E-state index in [0.717, 1.165) is 29.6 Å². The maximum atomic E-state index is 12.5. The molecule has 4 heterocycles. The van der Waals surface area contributed by atoms with Crippen LogP contribution >= 0.6 is 0 Å². The van der Waals surface area contributed by atoms with E-state index in [-0.39, 0.29) is 11.9 Å². The van der Waals surface area contributed by atoms with Crippen LogP contribution in [0.15, 0.2) is 22.9 Å². The van der Waals surface area contributed by atoms with Crippen LogP contribution in [0.2, 0.25) is 0 Å². The van der Waals surface area contributed by atoms with Crippen LogP contribution in [0.25, 0.3) is 11.0 Å². The Morgan fingerprint density at radius 1 is 1.45 bits per heavy atom. The Kier molecular flexibility index (Phi) is 3.18. The third-order valence-corrected chi connectivity index (χ3v) is 5.00. The topological polar surface area (TPSA) is 58.4 Å². The Bertz CT molecular complexity index is 722. The highest BCUT2D eigenvalue weighted by molar-refractivity contribution is 5.96. The Morgan fingerprint density at radius 3 is 3.00 bits per heavy atom. The SMILES string of the molecule is CC(C)c1coc2cnc(C(=O)N[C@H]3CN4CC[C@H]3C4)cc12. The zero-order chi connectivity index (χ0) is 15.3. The van der Waals surface area contributed by atoms with E-state index in [9.17, 15) is 4.79 Å². The molecule has 5 nitrogen and oxygen atoms in total. The number of piperidine rings is 1. The zero-order valence-electron chi connectivity index (χ0n) is 13.0. The van der Waals surface area contributed by atoms with E-state index in [2.05, 4.69) is 29.0 Å². The number of fused-ring (bicyclic) bond motifs is 3. The molecule has 0 saturated carbocycles. The van der Waals surface area contributed by atoms with Crippen molar-refractivity contribution >= 4 is 16.9 Å². The van der Waals surface area contributed by atoms with Crippen molar-refractivity contribution < 1.29 is 9.21 Å². The van der Waals surface area contributed by atoms with Crippen LogP contribution in [0.1, 0.15) is 42.2 Å². The number of amides is 1. The highest BCUT2D eigenvalue weighted by atomic mass is 16.3. The first-order valence-corrected chi connectivity index (χ1v) is 8.02. The number of hydrogen-bond acceptors (Lipinski definition) is 4. The van der Waals surface area contributed by atoms with E-state index in [0.29, 0.717) is 17.5 Å². The number of rotatable bonds is 3. The average molecular weight is 299 g/mol. The van der Waals surface area contributed by atoms with E-state index in [4.69, 9.17) is 4.42 Å². The van der Waals surface area contributed by atoms with Crippen molar-refractivity contribution in [1.29, 1.82) is 0 Å². The van der Waals surface area contributed by atoms with Gasteiger partial charge in [-0.2, -0.15) is 0 Å². The van der Waals surface area contributed by atoms with Crippen molar-refractivity contribution in [2.75, 3.05) is 19.6 Å². The highest BCUT2D eigenvalue weighted by Gasteiger charge is 2.38. The molecule has 5 heteroatoms. The zero-order valence-corrected chi connectivity index (χ0v) is 13.0. The fraction of sp³-hybridized carbons (Fsp3) is 0.529. The van der Waals surface area contributed by atoms with Gasteiger partial charge >= 0.3 is 0 Å². The lowest BCUT2D eigenvalue weighted by atomic mass is 9.99. The summed E-state index contributed by atoms with van der Waals surface area (Å²) in [5, 5.41) is 4.15. The summed E-state index contributed by atoms with van der Waals surface area (Å²) < 4.78 is 5.52. The Morgan fingerprint density at radius 2 is 2.32 bits per heavy atom. The first kappa shape index (κ1) is 13.8. The van der Waals surface area contributed by atoms with E-state index >= 15 is 0 Å². The van der Waals surface area contributed by atoms with Gasteiger partial charge in [0.05, 0.1) is 12.5 Å². The number of nitrogens with one attached hydrogen (secondary N) is 1. The van der Waals surface area contributed by atoms with Gasteiger partial charge in [-0.25, -0.2) is 4.98 Å². The van der Waals surface area contributed by atoms with Gasteiger partial charge in [-0.3, -0.25) is 4.79 Å². The molecule has 0 aromatic carbocycles. The summed E-state index contributed by atoms with van der Waals surface area (Å²) in [6.45, 7) is 7.51. The number of aromatic nitrogens is 1. The third-order valence-electron chi connectivity index (χ3n) is 5.00. The number of carbonyl (C=O) groups is 1. The number of furan rings is 1. The van der Waals surface area contributed by atoms with E-state index < -0.39 is 0 Å². The van der Waals surface area contributed by atoms with Crippen molar-refractivity contribution in [3.63, 3.8) is 0 Å². The van der Waals surface area contributed by atoms with Gasteiger partial charge < -0.3 is 14.6 Å². The highest BCUT2D eigenvalue weighted by Crippen LogP contribution is 2.29. The Labute approximate surface area is 129 Å². The molecule has 2 bridgehead atoms. The molecule has 1 amide bonds. The Hall–Kier alpha value is -1.88. The van der Waals surface area contributed by atoms with Gasteiger partial charge in [0.15, 0.2) is 5.58 Å². The summed E-state index contributed by atoms with van der Waals surface area (Å²) in [4.78, 5) is 19.2. The van der Waals surface area contributed by atoms with E-state index in [1.165, 1.54) is 13.0 Å². The third kappa shape index (κ3) is 2.20. The smallest absolute Gasteiger partial charge is 0.270 e. The number of carbonyl (C=O) groups excluding carboxylic acids is 1. The molecule has 2 saturated heterocycles. The second-order valence-electron chi connectivity index (χ2n) is 6.80. The molecule has 4 rings (SSSR count). The summed E-state index contributed by atoms with van der Waals surface area (Å²) in [7, 11) is 0. The van der Waals surface area contributed by atoms with E-state index in [1.54, 1.807) is 12.5 Å². The van der Waals surface area contributed by atoms with Crippen LogP contribution in [-0.2, 0) is 0 Å². The minimum absolute atomic E-state index is 0.0726. The standard InChI is InChI=1S/C17H21N3O2/c1-10(2)13-9-22-16-6-18-14(5-12(13)16)17(21)19-15-8-20-4-3-11(15)7-20/h5-6,9-11,15H,3-4,7-8H2,1-2H3,(H,19,21)/t11-,15-/m0/s1. The maximum absolute atomic E-state index is 12.5. The molecule has 1 unspecified atom stereocenters. The van der Waals surface area contributed by atoms with Crippen LogP contribution < -0.4 is 5.32 Å². The second-order valence-corrected chi connectivity index (χ2v) is 6.80. The van der Waals surface area contributed by atoms with Crippen LogP contribution in [0, 0.1) is 5.92 Å². The molecular weight excluding hydrogens is 278 g/mol. The molecule has 0 radical (unpaired) electrons. The predicted octanol–water partition coefficient (Wildman–Crippen LogP) is 2.39. The van der Waals surface area contributed by atoms with Crippen molar-refractivity contribution in [1.82, 2.24) is 15.2 Å². The van der Waals surface area contributed by atoms with Gasteiger partial charge in [0.2, 0.25) is 0 Å². The monoisotopic (exact) mass is 299 g/mol. The lowest BCUT2D eigenvalue weighted by Crippen LogP contribution is -2.43. The summed E-state index contributed by atoms with van der Waals surface area (Å²) in [5.41, 5.74) is 2.34. The molecular formula is C17H21N3O2. The molecule has 0 spiro atoms. The second kappa shape index (κ2) is 5.09. The van der Waals surface area contributed by atoms with Crippen molar-refractivity contribution in [2.24, 2.45) is 5.92 Å². The van der Waals surface area contributed by atoms with Gasteiger partial charge in [0.25, 0.3) is 5.91 Å². The summed E-state index contributed by atoms with van der Waals surface area (Å²) >= 11 is 0. The maximum Gasteiger partial charge on any atom is 0.270 e. The predicted molar refractivity (Wildman–Crippen MR) is 83.9 cm³/mol. The fourth-order valence-electron chi connectivity index (χ4n) is 3.71. The van der Waals surface area contributed by atoms with Crippen LogP contribution in [0.4, 0.5) is 0 Å². The van der Waals surface area contributed by atoms with Gasteiger partial charge in [0, 0.05) is 30.1 Å². The van der Waals surface area contributed by atoms with Crippen LogP contribution in [-0.4, -0.2) is 41.5 Å². The molecule has 0 aliphatic carbocycles. The molecule has 2 aromatic rings. The van der Waals surface area contributed by atoms with Crippen molar-refractivity contribution in [3.8, 4) is 0 Å². The number of hydrogen-bond donors (Lipinski definition) is 1. The molecule has 2 aliphatic heterocycles. The molecule has 2 aliphatic rings. The van der Waals surface area contributed by atoms with Crippen molar-refractivity contribution in [3.05, 3.63) is 29.8 Å². The minimum atomic E-state index is -0.0726. The normalized spacial score (nSPS) is 27.0. The first-order valence-electron chi connectivity index (χ1n) is 8.02. The van der Waals surface area contributed by atoms with Crippen LogP contribution in [0.3, 0.4) is 0 Å². The molecule has 116 valence electrons. The van der Waals surface area contributed by atoms with Crippen molar-refractivity contribution in [2.45, 2.75) is 32.2 Å². The van der Waals surface area contributed by atoms with Gasteiger partial charge in [-0.05, 0) is 30.9 Å². The molecule has 1 N–H and O–H groups in total. The number of nitrogens with zero attached hydrogens (tertiary/aromatic N) is 2. The fourth-order valence-corrected chi connectivity index (χ4v) is 3.71. The van der Waals surface area contributed by atoms with Gasteiger partial charge in [0.1, 0.15) is 5.69 Å². The summed E-state index contributed by atoms with van der Waals surface area (Å²) in [5.74, 6) is 0.891. The minimum Gasteiger partial charge on any atom is -0.462 e. The molecule has 2 aromatic heterocycles. The average Bonchev–Trinajstić information content (AvgIpc) is 3.20. The summed E-state index contributed by atoms with van der Waals surface area (Å²) in [6, 6.07) is 2.13. The molecule has 2 fully saturated rings. The molecule has 3 atom stereocenters. The van der Waals surface area contributed by atoms with E-state index in [1.807, 2.05) is 6.07 Å². The number of pyridine rings is 1.